The first-order valence-electron chi connectivity index (χ1n) is 14.7. The van der Waals surface area contributed by atoms with Crippen LogP contribution in [0.3, 0.4) is 0 Å². The van der Waals surface area contributed by atoms with Crippen molar-refractivity contribution < 1.29 is 19.0 Å². The van der Waals surface area contributed by atoms with Crippen LogP contribution in [-0.2, 0) is 4.74 Å². The number of amides is 1. The maximum atomic E-state index is 13.7. The van der Waals surface area contributed by atoms with Crippen LogP contribution in [0.25, 0.3) is 11.0 Å². The number of nitrogens with one attached hydrogen (secondary N) is 2. The summed E-state index contributed by atoms with van der Waals surface area (Å²) in [4.78, 5) is 37.7. The van der Waals surface area contributed by atoms with E-state index in [1.54, 1.807) is 12.3 Å². The number of nitrogens with zero attached hydrogens (tertiary/aromatic N) is 4. The van der Waals surface area contributed by atoms with Crippen molar-refractivity contribution in [1.29, 1.82) is 0 Å². The Morgan fingerprint density at radius 2 is 1.95 bits per heavy atom. The van der Waals surface area contributed by atoms with E-state index in [0.29, 0.717) is 17.6 Å². The van der Waals surface area contributed by atoms with Crippen molar-refractivity contribution in [3.8, 4) is 11.8 Å². The molecule has 0 bridgehead atoms. The van der Waals surface area contributed by atoms with Gasteiger partial charge in [-0.05, 0) is 60.9 Å². The topological polar surface area (TPSA) is 122 Å². The minimum atomic E-state index is -0.835. The lowest BCUT2D eigenvalue weighted by Gasteiger charge is -2.41. The van der Waals surface area contributed by atoms with E-state index in [9.17, 15) is 19.1 Å². The molecule has 0 radical (unpaired) electrons. The number of hydrogen-bond donors (Lipinski definition) is 3. The first-order valence-corrected chi connectivity index (χ1v) is 14.7. The summed E-state index contributed by atoms with van der Waals surface area (Å²) in [5.74, 6) is 5.60. The van der Waals surface area contributed by atoms with Crippen molar-refractivity contribution >= 4 is 22.8 Å². The third-order valence-electron chi connectivity index (χ3n) is 8.09. The van der Waals surface area contributed by atoms with Gasteiger partial charge in [0.1, 0.15) is 17.2 Å². The Morgan fingerprint density at radius 1 is 1.11 bits per heavy atom. The number of aromatic nitrogens is 3. The number of carbonyl (C=O) groups excluding carboxylic acids is 1. The summed E-state index contributed by atoms with van der Waals surface area (Å²) in [6.45, 7) is 3.33. The molecule has 2 aromatic heterocycles. The third-order valence-corrected chi connectivity index (χ3v) is 8.09. The quantitative estimate of drug-likeness (QED) is 0.266. The Labute approximate surface area is 253 Å². The van der Waals surface area contributed by atoms with Gasteiger partial charge in [0, 0.05) is 30.9 Å². The SMILES string of the molecule is O=C(NCC#Cc1ccc2ncc(NC3CCN(C4COC4)CC3)nc2c1)c1cccn([C@H](CO)c2cccc(F)c2)c1=O. The fraction of sp³-hybridized carbons (Fsp3) is 0.333. The summed E-state index contributed by atoms with van der Waals surface area (Å²) < 4.78 is 20.3. The highest BCUT2D eigenvalue weighted by atomic mass is 19.1. The fourth-order valence-electron chi connectivity index (χ4n) is 5.57. The fourth-order valence-corrected chi connectivity index (χ4v) is 5.57. The van der Waals surface area contributed by atoms with Gasteiger partial charge in [-0.2, -0.15) is 0 Å². The lowest BCUT2D eigenvalue weighted by molar-refractivity contribution is -0.0705. The molecule has 44 heavy (non-hydrogen) atoms. The van der Waals surface area contributed by atoms with Crippen LogP contribution in [0.5, 0.6) is 0 Å². The van der Waals surface area contributed by atoms with E-state index in [4.69, 9.17) is 9.72 Å². The number of aliphatic hydroxyl groups is 1. The van der Waals surface area contributed by atoms with E-state index in [1.807, 2.05) is 18.2 Å². The van der Waals surface area contributed by atoms with Crippen LogP contribution >= 0.6 is 0 Å². The van der Waals surface area contributed by atoms with E-state index in [0.717, 1.165) is 61.6 Å². The van der Waals surface area contributed by atoms with Gasteiger partial charge in [0.2, 0.25) is 0 Å². The molecule has 2 aliphatic heterocycles. The molecule has 0 saturated carbocycles. The molecule has 2 aromatic carbocycles. The molecule has 2 saturated heterocycles. The molecule has 1 amide bonds. The number of anilines is 1. The molecular formula is C33H33FN6O4. The van der Waals surface area contributed by atoms with Gasteiger partial charge in [-0.3, -0.25) is 19.5 Å². The second-order valence-electron chi connectivity index (χ2n) is 11.0. The highest BCUT2D eigenvalue weighted by Crippen LogP contribution is 2.21. The molecule has 4 aromatic rings. The van der Waals surface area contributed by atoms with Gasteiger partial charge in [-0.1, -0.05) is 24.0 Å². The van der Waals surface area contributed by atoms with Crippen LogP contribution < -0.4 is 16.2 Å². The first-order chi connectivity index (χ1) is 21.5. The summed E-state index contributed by atoms with van der Waals surface area (Å²) in [5, 5.41) is 16.1. The normalized spacial score (nSPS) is 16.5. The maximum Gasteiger partial charge on any atom is 0.264 e. The lowest BCUT2D eigenvalue weighted by Crippen LogP contribution is -2.53. The highest BCUT2D eigenvalue weighted by Gasteiger charge is 2.29. The Kier molecular flexibility index (Phi) is 8.93. The largest absolute Gasteiger partial charge is 0.394 e. The van der Waals surface area contributed by atoms with Crippen LogP contribution in [0.4, 0.5) is 10.2 Å². The Balaban J connectivity index is 1.07. The van der Waals surface area contributed by atoms with E-state index in [1.165, 1.54) is 41.1 Å². The number of ether oxygens (including phenoxy) is 1. The summed E-state index contributed by atoms with van der Waals surface area (Å²) >= 11 is 0. The molecule has 6 rings (SSSR count). The van der Waals surface area contributed by atoms with Crippen LogP contribution in [0.1, 0.15) is 40.4 Å². The van der Waals surface area contributed by atoms with Gasteiger partial charge in [0.15, 0.2) is 0 Å². The third kappa shape index (κ3) is 6.63. The van der Waals surface area contributed by atoms with Crippen molar-refractivity contribution in [2.75, 3.05) is 44.8 Å². The number of piperidine rings is 1. The predicted molar refractivity (Wildman–Crippen MR) is 164 cm³/mol. The van der Waals surface area contributed by atoms with Crippen molar-refractivity contribution in [1.82, 2.24) is 24.8 Å². The number of pyridine rings is 1. The van der Waals surface area contributed by atoms with E-state index < -0.39 is 29.9 Å². The molecule has 0 aliphatic carbocycles. The monoisotopic (exact) mass is 596 g/mol. The van der Waals surface area contributed by atoms with Gasteiger partial charge in [0.25, 0.3) is 11.5 Å². The minimum Gasteiger partial charge on any atom is -0.394 e. The Morgan fingerprint density at radius 3 is 2.70 bits per heavy atom. The summed E-state index contributed by atoms with van der Waals surface area (Å²) in [5.41, 5.74) is 1.91. The number of aliphatic hydroxyl groups excluding tert-OH is 1. The number of carbonyl (C=O) groups is 1. The van der Waals surface area contributed by atoms with E-state index >= 15 is 0 Å². The number of hydrogen-bond acceptors (Lipinski definition) is 8. The molecule has 10 nitrogen and oxygen atoms in total. The van der Waals surface area contributed by atoms with E-state index in [2.05, 4.69) is 32.4 Å². The number of fused-ring (bicyclic) bond motifs is 1. The smallest absolute Gasteiger partial charge is 0.264 e. The average Bonchev–Trinajstić information content (AvgIpc) is 3.00. The molecule has 4 heterocycles. The minimum absolute atomic E-state index is 0.0114. The van der Waals surface area contributed by atoms with Gasteiger partial charge in [-0.25, -0.2) is 9.37 Å². The first kappa shape index (κ1) is 29.4. The molecule has 3 N–H and O–H groups in total. The molecule has 226 valence electrons. The van der Waals surface area contributed by atoms with Crippen LogP contribution in [0.15, 0.2) is 71.8 Å². The molecule has 0 unspecified atom stereocenters. The number of rotatable bonds is 8. The van der Waals surface area contributed by atoms with Crippen molar-refractivity contribution in [3.05, 3.63) is 99.9 Å². The Hall–Kier alpha value is -4.63. The predicted octanol–water partition coefficient (Wildman–Crippen LogP) is 2.57. The molecule has 1 atom stereocenters. The second-order valence-corrected chi connectivity index (χ2v) is 11.0. The zero-order chi connectivity index (χ0) is 30.5. The van der Waals surface area contributed by atoms with Gasteiger partial charge in [-0.15, -0.1) is 0 Å². The number of halogens is 1. The van der Waals surface area contributed by atoms with Crippen molar-refractivity contribution in [3.63, 3.8) is 0 Å². The number of benzene rings is 2. The van der Waals surface area contributed by atoms with Gasteiger partial charge >= 0.3 is 0 Å². The summed E-state index contributed by atoms with van der Waals surface area (Å²) in [7, 11) is 0. The van der Waals surface area contributed by atoms with Crippen molar-refractivity contribution in [2.24, 2.45) is 0 Å². The standard InChI is InChI=1S/C33H33FN6O4/c34-24-6-1-5-23(17-24)30(19-41)40-13-3-7-27(33(40)43)32(42)35-12-2-4-22-8-9-28-29(16-22)38-31(18-36-28)37-25-10-14-39(15-11-25)26-20-44-21-26/h1,3,5-9,13,16-18,25-26,30,41H,10-12,14-15,19-21H2,(H,35,42)(H,37,38)/t30-/m1/s1. The average molecular weight is 597 g/mol. The molecule has 11 heteroatoms. The summed E-state index contributed by atoms with van der Waals surface area (Å²) in [6.07, 6.45) is 5.30. The molecule has 2 fully saturated rings. The lowest BCUT2D eigenvalue weighted by atomic mass is 10.0. The second kappa shape index (κ2) is 13.3. The zero-order valence-corrected chi connectivity index (χ0v) is 24.1. The van der Waals surface area contributed by atoms with Crippen LogP contribution in [0, 0.1) is 17.7 Å². The Bertz CT molecular complexity index is 1770. The number of likely N-dealkylation sites (tertiary alicyclic amines) is 1. The van der Waals surface area contributed by atoms with Gasteiger partial charge < -0.3 is 25.0 Å². The summed E-state index contributed by atoms with van der Waals surface area (Å²) in [6, 6.07) is 14.2. The van der Waals surface area contributed by atoms with Crippen molar-refractivity contribution in [2.45, 2.75) is 31.0 Å². The zero-order valence-electron chi connectivity index (χ0n) is 24.1. The molecule has 2 aliphatic rings. The van der Waals surface area contributed by atoms with Crippen LogP contribution in [-0.4, -0.2) is 82.0 Å². The molecule has 0 spiro atoms. The van der Waals surface area contributed by atoms with E-state index in [-0.39, 0.29) is 12.1 Å². The van der Waals surface area contributed by atoms with Crippen LogP contribution in [0.2, 0.25) is 0 Å². The molecular weight excluding hydrogens is 563 g/mol. The van der Waals surface area contributed by atoms with Gasteiger partial charge in [0.05, 0.1) is 55.7 Å². The maximum absolute atomic E-state index is 13.7. The highest BCUT2D eigenvalue weighted by molar-refractivity contribution is 5.94.